The van der Waals surface area contributed by atoms with E-state index >= 15 is 0 Å². The summed E-state index contributed by atoms with van der Waals surface area (Å²) in [5.41, 5.74) is 2.94. The van der Waals surface area contributed by atoms with Gasteiger partial charge in [-0.2, -0.15) is 5.10 Å². The van der Waals surface area contributed by atoms with Gasteiger partial charge in [-0.15, -0.1) is 0 Å². The van der Waals surface area contributed by atoms with E-state index in [0.29, 0.717) is 12.2 Å². The number of methoxy groups -OCH3 is 1. The van der Waals surface area contributed by atoms with Gasteiger partial charge in [-0.1, -0.05) is 13.8 Å². The Labute approximate surface area is 156 Å². The van der Waals surface area contributed by atoms with Gasteiger partial charge < -0.3 is 10.1 Å². The molecule has 6 nitrogen and oxygen atoms in total. The minimum Gasteiger partial charge on any atom is -0.385 e. The van der Waals surface area contributed by atoms with E-state index in [2.05, 4.69) is 45.0 Å². The monoisotopic (exact) mass is 360 g/mol. The van der Waals surface area contributed by atoms with Gasteiger partial charge in [-0.25, -0.2) is 9.67 Å². The summed E-state index contributed by atoms with van der Waals surface area (Å²) in [7, 11) is 1.67. The highest BCUT2D eigenvalue weighted by atomic mass is 16.5. The predicted molar refractivity (Wildman–Crippen MR) is 105 cm³/mol. The van der Waals surface area contributed by atoms with Gasteiger partial charge in [0, 0.05) is 25.5 Å². The second-order valence-corrected chi connectivity index (χ2v) is 8.27. The van der Waals surface area contributed by atoms with Crippen LogP contribution in [-0.2, 0) is 10.3 Å². The Kier molecular flexibility index (Phi) is 6.06. The van der Waals surface area contributed by atoms with Gasteiger partial charge in [-0.3, -0.25) is 4.79 Å². The van der Waals surface area contributed by atoms with Crippen LogP contribution in [0.4, 0.5) is 0 Å². The number of ether oxygens (including phenoxy) is 1. The minimum atomic E-state index is -0.214. The highest BCUT2D eigenvalue weighted by molar-refractivity contribution is 6.06. The molecule has 0 bridgehead atoms. The third-order valence-corrected chi connectivity index (χ3v) is 4.44. The first-order valence-corrected chi connectivity index (χ1v) is 9.26. The normalized spacial score (nSPS) is 13.4. The lowest BCUT2D eigenvalue weighted by Crippen LogP contribution is -2.33. The molecule has 2 aromatic heterocycles. The van der Waals surface area contributed by atoms with Crippen LogP contribution < -0.4 is 5.32 Å². The highest BCUT2D eigenvalue weighted by Crippen LogP contribution is 2.28. The third kappa shape index (κ3) is 4.23. The molecule has 6 heteroatoms. The van der Waals surface area contributed by atoms with Crippen LogP contribution in [0.1, 0.15) is 75.6 Å². The lowest BCUT2D eigenvalue weighted by molar-refractivity contribution is 0.0931. The van der Waals surface area contributed by atoms with Crippen molar-refractivity contribution in [1.82, 2.24) is 20.1 Å². The largest absolute Gasteiger partial charge is 0.385 e. The number of pyridine rings is 1. The van der Waals surface area contributed by atoms with E-state index in [0.717, 1.165) is 28.8 Å². The second-order valence-electron chi connectivity index (χ2n) is 8.27. The molecule has 0 aliphatic carbocycles. The molecular formula is C20H32N4O2. The van der Waals surface area contributed by atoms with E-state index in [9.17, 15) is 4.79 Å². The molecule has 1 amide bonds. The first-order chi connectivity index (χ1) is 12.1. The van der Waals surface area contributed by atoms with Gasteiger partial charge in [0.2, 0.25) is 0 Å². The smallest absolute Gasteiger partial charge is 0.252 e. The van der Waals surface area contributed by atoms with E-state index < -0.39 is 0 Å². The molecule has 2 heterocycles. The van der Waals surface area contributed by atoms with Crippen LogP contribution in [0.25, 0.3) is 11.0 Å². The molecule has 1 atom stereocenters. The molecule has 144 valence electrons. The number of carbonyl (C=O) groups excluding carboxylic acids is 1. The highest BCUT2D eigenvalue weighted by Gasteiger charge is 2.25. The number of aryl methyl sites for hydroxylation is 1. The number of aromatic nitrogens is 3. The topological polar surface area (TPSA) is 69.0 Å². The summed E-state index contributed by atoms with van der Waals surface area (Å²) in [6.45, 7) is 15.0. The summed E-state index contributed by atoms with van der Waals surface area (Å²) >= 11 is 0. The van der Waals surface area contributed by atoms with E-state index in [1.807, 2.05) is 24.6 Å². The van der Waals surface area contributed by atoms with E-state index in [1.165, 1.54) is 0 Å². The van der Waals surface area contributed by atoms with Crippen molar-refractivity contribution in [1.29, 1.82) is 0 Å². The minimum absolute atomic E-state index is 0.0335. The predicted octanol–water partition coefficient (Wildman–Crippen LogP) is 3.77. The lowest BCUT2D eigenvalue weighted by atomic mass is 10.0. The third-order valence-electron chi connectivity index (χ3n) is 4.44. The molecule has 1 N–H and O–H groups in total. The number of rotatable bonds is 6. The van der Waals surface area contributed by atoms with Crippen molar-refractivity contribution in [2.75, 3.05) is 13.7 Å². The average molecular weight is 361 g/mol. The number of nitrogens with one attached hydrogen (secondary N) is 1. The Hall–Kier alpha value is -1.95. The van der Waals surface area contributed by atoms with Crippen molar-refractivity contribution in [3.63, 3.8) is 0 Å². The molecule has 0 aromatic carbocycles. The van der Waals surface area contributed by atoms with Crippen LogP contribution in [0.5, 0.6) is 0 Å². The average Bonchev–Trinajstić information content (AvgIpc) is 2.89. The molecule has 0 aliphatic heterocycles. The van der Waals surface area contributed by atoms with E-state index in [4.69, 9.17) is 9.72 Å². The van der Waals surface area contributed by atoms with E-state index in [-0.39, 0.29) is 23.4 Å². The summed E-state index contributed by atoms with van der Waals surface area (Å²) < 4.78 is 7.03. The van der Waals surface area contributed by atoms with Crippen molar-refractivity contribution in [2.45, 2.75) is 72.4 Å². The zero-order valence-electron chi connectivity index (χ0n) is 17.3. The van der Waals surface area contributed by atoms with Gasteiger partial charge >= 0.3 is 0 Å². The molecule has 0 aliphatic rings. The fourth-order valence-electron chi connectivity index (χ4n) is 2.92. The van der Waals surface area contributed by atoms with Crippen LogP contribution in [-0.4, -0.2) is 40.4 Å². The molecular weight excluding hydrogens is 328 g/mol. The van der Waals surface area contributed by atoms with Crippen LogP contribution in [0.3, 0.4) is 0 Å². The second kappa shape index (κ2) is 7.74. The van der Waals surface area contributed by atoms with Gasteiger partial charge in [0.25, 0.3) is 5.91 Å². The van der Waals surface area contributed by atoms with Crippen LogP contribution in [0.15, 0.2) is 6.07 Å². The fraction of sp³-hybridized carbons (Fsp3) is 0.650. The summed E-state index contributed by atoms with van der Waals surface area (Å²) in [6, 6.07) is 1.94. The number of hydrogen-bond donors (Lipinski definition) is 1. The van der Waals surface area contributed by atoms with Crippen molar-refractivity contribution in [3.05, 3.63) is 23.0 Å². The fourth-order valence-corrected chi connectivity index (χ4v) is 2.92. The van der Waals surface area contributed by atoms with Crippen LogP contribution in [0.2, 0.25) is 0 Å². The Morgan fingerprint density at radius 3 is 2.50 bits per heavy atom. The Morgan fingerprint density at radius 2 is 1.96 bits per heavy atom. The number of fused-ring (bicyclic) bond motifs is 1. The SMILES string of the molecule is COCCC(C)NC(=O)c1cc(C(C)C)nc2c1c(C)nn2C(C)(C)C. The summed E-state index contributed by atoms with van der Waals surface area (Å²) in [6.07, 6.45) is 0.772. The van der Waals surface area contributed by atoms with Gasteiger partial charge in [0.1, 0.15) is 0 Å². The standard InChI is InChI=1S/C20H32N4O2/c1-12(2)16-11-15(19(25)21-13(3)9-10-26-8)17-14(4)23-24(18(17)22-16)20(5,6)7/h11-13H,9-10H2,1-8H3,(H,21,25). The lowest BCUT2D eigenvalue weighted by Gasteiger charge is -2.21. The maximum Gasteiger partial charge on any atom is 0.252 e. The summed E-state index contributed by atoms with van der Waals surface area (Å²) in [5, 5.41) is 8.60. The molecule has 2 rings (SSSR count). The Bertz CT molecular complexity index is 787. The summed E-state index contributed by atoms with van der Waals surface area (Å²) in [4.78, 5) is 17.8. The first kappa shape index (κ1) is 20.4. The number of nitrogens with zero attached hydrogens (tertiary/aromatic N) is 3. The van der Waals surface area contributed by atoms with Crippen molar-refractivity contribution in [2.24, 2.45) is 0 Å². The zero-order valence-corrected chi connectivity index (χ0v) is 17.3. The molecule has 1 unspecified atom stereocenters. The van der Waals surface area contributed by atoms with E-state index in [1.54, 1.807) is 7.11 Å². The first-order valence-electron chi connectivity index (χ1n) is 9.26. The van der Waals surface area contributed by atoms with Gasteiger partial charge in [0.05, 0.1) is 22.2 Å². The maximum atomic E-state index is 13.0. The number of amides is 1. The summed E-state index contributed by atoms with van der Waals surface area (Å²) in [5.74, 6) is 0.139. The molecule has 0 fully saturated rings. The van der Waals surface area contributed by atoms with Crippen molar-refractivity contribution < 1.29 is 9.53 Å². The molecule has 0 spiro atoms. The molecule has 0 saturated heterocycles. The zero-order chi connectivity index (χ0) is 19.6. The Morgan fingerprint density at radius 1 is 1.31 bits per heavy atom. The van der Waals surface area contributed by atoms with Crippen molar-refractivity contribution >= 4 is 16.9 Å². The molecule has 26 heavy (non-hydrogen) atoms. The van der Waals surface area contributed by atoms with Crippen LogP contribution in [0, 0.1) is 6.92 Å². The van der Waals surface area contributed by atoms with Gasteiger partial charge in [-0.05, 0) is 53.0 Å². The Balaban J connectivity index is 2.57. The number of carbonyl (C=O) groups is 1. The molecule has 0 saturated carbocycles. The molecule has 0 radical (unpaired) electrons. The van der Waals surface area contributed by atoms with Crippen molar-refractivity contribution in [3.8, 4) is 0 Å². The number of hydrogen-bond acceptors (Lipinski definition) is 4. The van der Waals surface area contributed by atoms with Crippen LogP contribution >= 0.6 is 0 Å². The maximum absolute atomic E-state index is 13.0. The van der Waals surface area contributed by atoms with Gasteiger partial charge in [0.15, 0.2) is 5.65 Å². The molecule has 2 aromatic rings. The quantitative estimate of drug-likeness (QED) is 0.851.